The number of nitrogens with two attached hydrogens (primary N) is 1. The largest absolute Gasteiger partial charge is 0.364 e. The summed E-state index contributed by atoms with van der Waals surface area (Å²) < 4.78 is 1.11. The molecule has 0 aliphatic carbocycles. The van der Waals surface area contributed by atoms with Gasteiger partial charge in [0, 0.05) is 35.0 Å². The lowest BCUT2D eigenvalue weighted by molar-refractivity contribution is 0.833. The van der Waals surface area contributed by atoms with Crippen molar-refractivity contribution in [1.82, 2.24) is 4.98 Å². The molecule has 2 rings (SSSR count). The van der Waals surface area contributed by atoms with E-state index >= 15 is 0 Å². The number of aryl methyl sites for hydroxylation is 1. The molecule has 1 aromatic carbocycles. The zero-order chi connectivity index (χ0) is 12.4. The van der Waals surface area contributed by atoms with Crippen molar-refractivity contribution in [2.45, 2.75) is 12.8 Å². The van der Waals surface area contributed by atoms with E-state index in [1.165, 1.54) is 22.3 Å². The Morgan fingerprint density at radius 3 is 2.76 bits per heavy atom. The summed E-state index contributed by atoms with van der Waals surface area (Å²) >= 11 is 3.53. The normalized spacial score (nSPS) is 11.1. The number of nitrogens with zero attached hydrogens (tertiary/aromatic N) is 1. The second kappa shape index (κ2) is 5.10. The van der Waals surface area contributed by atoms with Crippen LogP contribution >= 0.6 is 15.9 Å². The molecule has 0 amide bonds. The zero-order valence-corrected chi connectivity index (χ0v) is 11.8. The minimum absolute atomic E-state index is 0.730. The first-order chi connectivity index (χ1) is 8.13. The van der Waals surface area contributed by atoms with Gasteiger partial charge in [-0.15, -0.1) is 0 Å². The van der Waals surface area contributed by atoms with Crippen molar-refractivity contribution in [2.75, 3.05) is 25.5 Å². The number of aromatic nitrogens is 1. The third kappa shape index (κ3) is 2.48. The summed E-state index contributed by atoms with van der Waals surface area (Å²) in [5.41, 5.74) is 8.15. The number of hydrogen-bond donors (Lipinski definition) is 2. The zero-order valence-electron chi connectivity index (χ0n) is 10.3. The average molecular weight is 296 g/mol. The lowest BCUT2D eigenvalue weighted by Gasteiger charge is -2.13. The molecule has 1 heterocycles. The lowest BCUT2D eigenvalue weighted by atomic mass is 10.1. The molecule has 0 saturated heterocycles. The molecular weight excluding hydrogens is 278 g/mol. The Balaban J connectivity index is 2.56. The van der Waals surface area contributed by atoms with Crippen molar-refractivity contribution >= 4 is 32.7 Å². The molecule has 0 unspecified atom stereocenters. The SMILES string of the molecule is CN(C)c1[nH]c2ccc(Br)cc2c1CCCN. The minimum Gasteiger partial charge on any atom is -0.364 e. The summed E-state index contributed by atoms with van der Waals surface area (Å²) in [6.45, 7) is 0.730. The van der Waals surface area contributed by atoms with Gasteiger partial charge in [0.05, 0.1) is 0 Å². The quantitative estimate of drug-likeness (QED) is 0.911. The first-order valence-corrected chi connectivity index (χ1v) is 6.60. The molecule has 1 aromatic heterocycles. The van der Waals surface area contributed by atoms with Crippen LogP contribution < -0.4 is 10.6 Å². The van der Waals surface area contributed by atoms with Gasteiger partial charge in [0.1, 0.15) is 5.82 Å². The second-order valence-electron chi connectivity index (χ2n) is 4.43. The van der Waals surface area contributed by atoms with Gasteiger partial charge in [0.25, 0.3) is 0 Å². The number of nitrogens with one attached hydrogen (secondary N) is 1. The fourth-order valence-corrected chi connectivity index (χ4v) is 2.48. The fraction of sp³-hybridized carbons (Fsp3) is 0.385. The Hall–Kier alpha value is -1.00. The molecule has 0 fully saturated rings. The van der Waals surface area contributed by atoms with Crippen molar-refractivity contribution in [1.29, 1.82) is 0 Å². The highest BCUT2D eigenvalue weighted by molar-refractivity contribution is 9.10. The summed E-state index contributed by atoms with van der Waals surface area (Å²) in [5.74, 6) is 1.19. The Bertz CT molecular complexity index is 517. The maximum atomic E-state index is 5.61. The number of fused-ring (bicyclic) bond motifs is 1. The number of benzene rings is 1. The van der Waals surface area contributed by atoms with Gasteiger partial charge >= 0.3 is 0 Å². The van der Waals surface area contributed by atoms with E-state index in [2.05, 4.69) is 58.1 Å². The molecule has 0 atom stereocenters. The molecule has 17 heavy (non-hydrogen) atoms. The van der Waals surface area contributed by atoms with E-state index < -0.39 is 0 Å². The summed E-state index contributed by atoms with van der Waals surface area (Å²) in [4.78, 5) is 5.59. The minimum atomic E-state index is 0.730. The van der Waals surface area contributed by atoms with Crippen LogP contribution in [0.2, 0.25) is 0 Å². The number of hydrogen-bond acceptors (Lipinski definition) is 2. The van der Waals surface area contributed by atoms with Crippen LogP contribution in [0.5, 0.6) is 0 Å². The third-order valence-electron chi connectivity index (χ3n) is 2.92. The van der Waals surface area contributed by atoms with Gasteiger partial charge in [-0.25, -0.2) is 0 Å². The van der Waals surface area contributed by atoms with Gasteiger partial charge in [-0.1, -0.05) is 15.9 Å². The van der Waals surface area contributed by atoms with Crippen LogP contribution in [0, 0.1) is 0 Å². The summed E-state index contributed by atoms with van der Waals surface area (Å²) in [6, 6.07) is 6.34. The summed E-state index contributed by atoms with van der Waals surface area (Å²) in [7, 11) is 4.12. The maximum absolute atomic E-state index is 5.61. The van der Waals surface area contributed by atoms with Crippen LogP contribution in [-0.2, 0) is 6.42 Å². The highest BCUT2D eigenvalue weighted by Crippen LogP contribution is 2.31. The molecule has 92 valence electrons. The highest BCUT2D eigenvalue weighted by Gasteiger charge is 2.12. The van der Waals surface area contributed by atoms with E-state index in [0.29, 0.717) is 0 Å². The van der Waals surface area contributed by atoms with Crippen LogP contribution in [0.3, 0.4) is 0 Å². The third-order valence-corrected chi connectivity index (χ3v) is 3.42. The summed E-state index contributed by atoms with van der Waals surface area (Å²) in [6.07, 6.45) is 2.03. The number of anilines is 1. The maximum Gasteiger partial charge on any atom is 0.109 e. The van der Waals surface area contributed by atoms with Gasteiger partial charge in [0.15, 0.2) is 0 Å². The molecule has 0 bridgehead atoms. The van der Waals surface area contributed by atoms with Crippen molar-refractivity contribution in [3.8, 4) is 0 Å². The number of halogens is 1. The van der Waals surface area contributed by atoms with Crippen LogP contribution in [-0.4, -0.2) is 25.6 Å². The Morgan fingerprint density at radius 2 is 2.12 bits per heavy atom. The van der Waals surface area contributed by atoms with Gasteiger partial charge in [-0.2, -0.15) is 0 Å². The smallest absolute Gasteiger partial charge is 0.109 e. The predicted octanol–water partition coefficient (Wildman–Crippen LogP) is 2.89. The molecule has 3 nitrogen and oxygen atoms in total. The van der Waals surface area contributed by atoms with E-state index in [9.17, 15) is 0 Å². The molecule has 0 aliphatic heterocycles. The first-order valence-electron chi connectivity index (χ1n) is 5.81. The van der Waals surface area contributed by atoms with E-state index in [0.717, 1.165) is 23.9 Å². The van der Waals surface area contributed by atoms with Crippen molar-refractivity contribution in [3.63, 3.8) is 0 Å². The average Bonchev–Trinajstić information content (AvgIpc) is 2.64. The van der Waals surface area contributed by atoms with Crippen molar-refractivity contribution in [2.24, 2.45) is 5.73 Å². The van der Waals surface area contributed by atoms with E-state index in [4.69, 9.17) is 5.73 Å². The molecule has 0 radical (unpaired) electrons. The van der Waals surface area contributed by atoms with Gasteiger partial charge in [-0.3, -0.25) is 0 Å². The number of aromatic amines is 1. The fourth-order valence-electron chi connectivity index (χ4n) is 2.12. The number of H-pyrrole nitrogens is 1. The van der Waals surface area contributed by atoms with Crippen LogP contribution in [0.25, 0.3) is 10.9 Å². The molecule has 0 aliphatic rings. The summed E-state index contributed by atoms with van der Waals surface area (Å²) in [5, 5.41) is 1.29. The predicted molar refractivity (Wildman–Crippen MR) is 77.7 cm³/mol. The highest BCUT2D eigenvalue weighted by atomic mass is 79.9. The van der Waals surface area contributed by atoms with Crippen LogP contribution in [0.15, 0.2) is 22.7 Å². The van der Waals surface area contributed by atoms with E-state index in [1.54, 1.807) is 0 Å². The lowest BCUT2D eigenvalue weighted by Crippen LogP contribution is -2.11. The van der Waals surface area contributed by atoms with Crippen molar-refractivity contribution in [3.05, 3.63) is 28.2 Å². The Kier molecular flexibility index (Phi) is 3.74. The monoisotopic (exact) mass is 295 g/mol. The molecule has 2 aromatic rings. The molecule has 0 spiro atoms. The van der Waals surface area contributed by atoms with Crippen LogP contribution in [0.1, 0.15) is 12.0 Å². The Labute approximate surface area is 110 Å². The van der Waals surface area contributed by atoms with Crippen molar-refractivity contribution < 1.29 is 0 Å². The molecule has 4 heteroatoms. The topological polar surface area (TPSA) is 45.0 Å². The molecule has 0 saturated carbocycles. The van der Waals surface area contributed by atoms with Gasteiger partial charge in [-0.05, 0) is 37.6 Å². The molecule has 3 N–H and O–H groups in total. The standard InChI is InChI=1S/C13H18BrN3/c1-17(2)13-10(4-3-7-15)11-8-9(14)5-6-12(11)16-13/h5-6,8,16H,3-4,7,15H2,1-2H3. The first kappa shape index (κ1) is 12.5. The van der Waals surface area contributed by atoms with Gasteiger partial charge < -0.3 is 15.6 Å². The Morgan fingerprint density at radius 1 is 1.35 bits per heavy atom. The van der Waals surface area contributed by atoms with Crippen LogP contribution in [0.4, 0.5) is 5.82 Å². The van der Waals surface area contributed by atoms with E-state index in [1.807, 2.05) is 0 Å². The van der Waals surface area contributed by atoms with E-state index in [-0.39, 0.29) is 0 Å². The number of rotatable bonds is 4. The second-order valence-corrected chi connectivity index (χ2v) is 5.34. The molecular formula is C13H18BrN3. The van der Waals surface area contributed by atoms with Gasteiger partial charge in [0.2, 0.25) is 0 Å².